The summed E-state index contributed by atoms with van der Waals surface area (Å²) in [6.45, 7) is 7.60. The van der Waals surface area contributed by atoms with Crippen molar-refractivity contribution in [2.75, 3.05) is 5.75 Å². The quantitative estimate of drug-likeness (QED) is 0.598. The third kappa shape index (κ3) is 3.93. The van der Waals surface area contributed by atoms with Crippen molar-refractivity contribution >= 4 is 28.7 Å². The second-order valence-corrected chi connectivity index (χ2v) is 7.50. The van der Waals surface area contributed by atoms with Gasteiger partial charge in [-0.25, -0.2) is 4.98 Å². The van der Waals surface area contributed by atoms with Gasteiger partial charge in [0.25, 0.3) is 0 Å². The molecule has 0 aliphatic rings. The minimum atomic E-state index is 0.114. The summed E-state index contributed by atoms with van der Waals surface area (Å²) in [4.78, 5) is 19.4. The van der Waals surface area contributed by atoms with Gasteiger partial charge < -0.3 is 9.47 Å². The molecule has 0 spiro atoms. The lowest BCUT2D eigenvalue weighted by Crippen LogP contribution is -2.37. The molecular weight excluding hydrogens is 346 g/mol. The largest absolute Gasteiger partial charge is 0.335 e. The van der Waals surface area contributed by atoms with Gasteiger partial charge in [-0.05, 0) is 32.9 Å². The summed E-state index contributed by atoms with van der Waals surface area (Å²) in [6.07, 6.45) is 3.76. The highest BCUT2D eigenvalue weighted by Crippen LogP contribution is 2.24. The zero-order valence-electron chi connectivity index (χ0n) is 15.7. The Bertz CT molecular complexity index is 898. The number of thioether (sulfide) groups is 1. The Balaban J connectivity index is 1.72. The van der Waals surface area contributed by atoms with Crippen LogP contribution in [0.3, 0.4) is 0 Å². The molecule has 138 valence electrons. The van der Waals surface area contributed by atoms with Crippen molar-refractivity contribution in [3.8, 4) is 0 Å². The third-order valence-corrected chi connectivity index (χ3v) is 5.28. The van der Waals surface area contributed by atoms with Crippen molar-refractivity contribution < 1.29 is 4.79 Å². The Hall–Kier alpha value is -2.28. The zero-order chi connectivity index (χ0) is 18.7. The highest BCUT2D eigenvalue weighted by molar-refractivity contribution is 7.99. The van der Waals surface area contributed by atoms with E-state index in [1.807, 2.05) is 56.4 Å². The van der Waals surface area contributed by atoms with E-state index >= 15 is 0 Å². The minimum absolute atomic E-state index is 0.114. The first-order valence-electron chi connectivity index (χ1n) is 8.84. The molecule has 6 nitrogen and oxygen atoms in total. The van der Waals surface area contributed by atoms with Crippen LogP contribution in [0.2, 0.25) is 0 Å². The molecule has 7 heteroatoms. The normalized spacial score (nSPS) is 11.4. The van der Waals surface area contributed by atoms with Crippen LogP contribution in [0, 0.1) is 0 Å². The number of carbonyl (C=O) groups is 1. The predicted molar refractivity (Wildman–Crippen MR) is 105 cm³/mol. The Labute approximate surface area is 158 Å². The molecule has 0 radical (unpaired) electrons. The van der Waals surface area contributed by atoms with E-state index in [0.717, 1.165) is 28.3 Å². The van der Waals surface area contributed by atoms with Crippen molar-refractivity contribution in [2.45, 2.75) is 45.1 Å². The first-order chi connectivity index (χ1) is 12.5. The fourth-order valence-electron chi connectivity index (χ4n) is 2.99. The van der Waals surface area contributed by atoms with E-state index in [1.54, 1.807) is 4.68 Å². The summed E-state index contributed by atoms with van der Waals surface area (Å²) < 4.78 is 3.92. The average molecular weight is 372 g/mol. The molecule has 3 rings (SSSR count). The molecule has 0 fully saturated rings. The van der Waals surface area contributed by atoms with Gasteiger partial charge in [0.05, 0.1) is 23.0 Å². The molecule has 3 aromatic rings. The number of hydrogen-bond acceptors (Lipinski definition) is 4. The summed E-state index contributed by atoms with van der Waals surface area (Å²) >= 11 is 1.51. The van der Waals surface area contributed by atoms with E-state index in [2.05, 4.69) is 27.6 Å². The molecule has 0 saturated carbocycles. The molecule has 0 bridgehead atoms. The van der Waals surface area contributed by atoms with Crippen LogP contribution in [0.5, 0.6) is 0 Å². The highest BCUT2D eigenvalue weighted by atomic mass is 32.2. The molecule has 2 aromatic heterocycles. The van der Waals surface area contributed by atoms with Crippen molar-refractivity contribution in [3.05, 3.63) is 42.2 Å². The van der Waals surface area contributed by atoms with Gasteiger partial charge in [-0.1, -0.05) is 23.9 Å². The minimum Gasteiger partial charge on any atom is -0.335 e. The lowest BCUT2D eigenvalue weighted by molar-refractivity contribution is -0.130. The lowest BCUT2D eigenvalue weighted by Gasteiger charge is -2.26. The van der Waals surface area contributed by atoms with Crippen molar-refractivity contribution in [3.63, 3.8) is 0 Å². The number of benzene rings is 1. The predicted octanol–water partition coefficient (Wildman–Crippen LogP) is 3.32. The number of amides is 1. The van der Waals surface area contributed by atoms with Gasteiger partial charge >= 0.3 is 0 Å². The third-order valence-electron chi connectivity index (χ3n) is 4.32. The van der Waals surface area contributed by atoms with E-state index in [-0.39, 0.29) is 11.9 Å². The molecule has 0 aliphatic heterocycles. The van der Waals surface area contributed by atoms with Gasteiger partial charge in [-0.2, -0.15) is 5.10 Å². The first kappa shape index (κ1) is 18.5. The number of aryl methyl sites for hydroxylation is 2. The van der Waals surface area contributed by atoms with Gasteiger partial charge in [0.15, 0.2) is 5.16 Å². The monoisotopic (exact) mass is 371 g/mol. The van der Waals surface area contributed by atoms with Crippen LogP contribution in [0.25, 0.3) is 11.0 Å². The van der Waals surface area contributed by atoms with Crippen LogP contribution in [0.4, 0.5) is 0 Å². The van der Waals surface area contributed by atoms with Crippen LogP contribution in [-0.2, 0) is 24.9 Å². The molecule has 2 heterocycles. The Morgan fingerprint density at radius 2 is 2.08 bits per heavy atom. The molecule has 0 saturated heterocycles. The number of hydrogen-bond donors (Lipinski definition) is 0. The summed E-state index contributed by atoms with van der Waals surface area (Å²) in [6, 6.07) is 8.22. The molecule has 0 aliphatic carbocycles. The number of aromatic nitrogens is 4. The standard InChI is InChI=1S/C19H25N5OS/c1-5-23-17-9-7-6-8-16(17)21-19(23)26-13-18(25)24(14(2)3)12-15-10-20-22(4)11-15/h6-11,14H,5,12-13H2,1-4H3. The van der Waals surface area contributed by atoms with Crippen molar-refractivity contribution in [2.24, 2.45) is 7.05 Å². The smallest absolute Gasteiger partial charge is 0.233 e. The number of imidazole rings is 1. The van der Waals surface area contributed by atoms with E-state index < -0.39 is 0 Å². The van der Waals surface area contributed by atoms with Gasteiger partial charge in [0.2, 0.25) is 5.91 Å². The van der Waals surface area contributed by atoms with Gasteiger partial charge in [0.1, 0.15) is 0 Å². The average Bonchev–Trinajstić information content (AvgIpc) is 3.19. The summed E-state index contributed by atoms with van der Waals surface area (Å²) in [5, 5.41) is 5.08. The first-order valence-corrected chi connectivity index (χ1v) is 9.83. The van der Waals surface area contributed by atoms with Crippen LogP contribution in [0.1, 0.15) is 26.3 Å². The van der Waals surface area contributed by atoms with Crippen molar-refractivity contribution in [1.29, 1.82) is 0 Å². The van der Waals surface area contributed by atoms with E-state index in [9.17, 15) is 4.79 Å². The lowest BCUT2D eigenvalue weighted by atomic mass is 10.2. The second kappa shape index (κ2) is 7.95. The number of carbonyl (C=O) groups excluding carboxylic acids is 1. The van der Waals surface area contributed by atoms with Crippen LogP contribution in [0.15, 0.2) is 41.8 Å². The maximum Gasteiger partial charge on any atom is 0.233 e. The van der Waals surface area contributed by atoms with Crippen LogP contribution in [-0.4, -0.2) is 41.9 Å². The van der Waals surface area contributed by atoms with Crippen LogP contribution >= 0.6 is 11.8 Å². The van der Waals surface area contributed by atoms with Crippen molar-refractivity contribution in [1.82, 2.24) is 24.2 Å². The van der Waals surface area contributed by atoms with E-state index in [1.165, 1.54) is 11.8 Å². The summed E-state index contributed by atoms with van der Waals surface area (Å²) in [7, 11) is 1.89. The topological polar surface area (TPSA) is 56.0 Å². The molecule has 0 unspecified atom stereocenters. The SMILES string of the molecule is CCn1c(SCC(=O)N(Cc2cnn(C)c2)C(C)C)nc2ccccc21. The highest BCUT2D eigenvalue weighted by Gasteiger charge is 2.19. The summed E-state index contributed by atoms with van der Waals surface area (Å²) in [5.41, 5.74) is 3.13. The van der Waals surface area contributed by atoms with Gasteiger partial charge in [-0.15, -0.1) is 0 Å². The van der Waals surface area contributed by atoms with E-state index in [4.69, 9.17) is 0 Å². The Kier molecular flexibility index (Phi) is 5.66. The Morgan fingerprint density at radius 3 is 2.73 bits per heavy atom. The molecule has 0 N–H and O–H groups in total. The van der Waals surface area contributed by atoms with Gasteiger partial charge in [-0.3, -0.25) is 9.48 Å². The second-order valence-electron chi connectivity index (χ2n) is 6.55. The fraction of sp³-hybridized carbons (Fsp3) is 0.421. The fourth-order valence-corrected chi connectivity index (χ4v) is 3.95. The number of nitrogens with zero attached hydrogens (tertiary/aromatic N) is 5. The molecule has 1 amide bonds. The summed E-state index contributed by atoms with van der Waals surface area (Å²) in [5.74, 6) is 0.491. The maximum atomic E-state index is 12.8. The molecule has 0 atom stereocenters. The molecule has 26 heavy (non-hydrogen) atoms. The number of rotatable bonds is 7. The van der Waals surface area contributed by atoms with E-state index in [0.29, 0.717) is 12.3 Å². The number of fused-ring (bicyclic) bond motifs is 1. The maximum absolute atomic E-state index is 12.8. The Morgan fingerprint density at radius 1 is 1.31 bits per heavy atom. The number of para-hydroxylation sites is 2. The van der Waals surface area contributed by atoms with Gasteiger partial charge in [0, 0.05) is 37.9 Å². The zero-order valence-corrected chi connectivity index (χ0v) is 16.5. The van der Waals surface area contributed by atoms with Crippen LogP contribution < -0.4 is 0 Å². The molecule has 1 aromatic carbocycles. The molecular formula is C19H25N5OS.